The second-order valence-corrected chi connectivity index (χ2v) is 9.20. The first-order valence-corrected chi connectivity index (χ1v) is 11.8. The first-order chi connectivity index (χ1) is 16.9. The number of carbonyl (C=O) groups is 2. The Hall–Kier alpha value is -3.88. The zero-order chi connectivity index (χ0) is 24.5. The second kappa shape index (κ2) is 9.40. The molecule has 5 rings (SSSR count). The Morgan fingerprint density at radius 3 is 2.49 bits per heavy atom. The molecule has 0 bridgehead atoms. The van der Waals surface area contributed by atoms with Crippen LogP contribution in [0.15, 0.2) is 48.5 Å². The lowest BCUT2D eigenvalue weighted by Gasteiger charge is -2.36. The summed E-state index contributed by atoms with van der Waals surface area (Å²) in [7, 11) is 0. The number of nitrogens with one attached hydrogen (secondary N) is 1. The number of hydrogen-bond acceptors (Lipinski definition) is 4. The van der Waals surface area contributed by atoms with Gasteiger partial charge in [-0.25, -0.2) is 14.2 Å². The number of amides is 2. The van der Waals surface area contributed by atoms with Crippen molar-refractivity contribution in [1.82, 2.24) is 19.4 Å². The zero-order valence-corrected chi connectivity index (χ0v) is 19.6. The summed E-state index contributed by atoms with van der Waals surface area (Å²) in [5, 5.41) is 12.9. The van der Waals surface area contributed by atoms with E-state index >= 15 is 0 Å². The zero-order valence-electron chi connectivity index (χ0n) is 19.6. The fraction of sp³-hybridized carbons (Fsp3) is 0.346. The third kappa shape index (κ3) is 4.71. The maximum atomic E-state index is 13.6. The van der Waals surface area contributed by atoms with Gasteiger partial charge in [0.1, 0.15) is 23.2 Å². The minimum Gasteiger partial charge on any atom is -0.481 e. The number of imidazole rings is 1. The summed E-state index contributed by atoms with van der Waals surface area (Å²) < 4.78 is 15.7. The monoisotopic (exact) mass is 477 g/mol. The van der Waals surface area contributed by atoms with Gasteiger partial charge in [0.05, 0.1) is 12.5 Å². The van der Waals surface area contributed by atoms with Gasteiger partial charge >= 0.3 is 12.0 Å². The Bertz CT molecular complexity index is 1240. The van der Waals surface area contributed by atoms with E-state index in [1.54, 1.807) is 21.9 Å². The molecule has 1 saturated heterocycles. The Morgan fingerprint density at radius 2 is 1.77 bits per heavy atom. The van der Waals surface area contributed by atoms with Gasteiger partial charge in [0, 0.05) is 37.4 Å². The Kier molecular flexibility index (Phi) is 6.15. The van der Waals surface area contributed by atoms with Gasteiger partial charge in [-0.1, -0.05) is 17.7 Å². The molecule has 8 nitrogen and oxygen atoms in total. The maximum Gasteiger partial charge on any atom is 0.320 e. The molecule has 0 spiro atoms. The second-order valence-electron chi connectivity index (χ2n) is 9.20. The molecular formula is C26H28FN5O3. The molecule has 1 atom stereocenters. The normalized spacial score (nSPS) is 17.7. The largest absolute Gasteiger partial charge is 0.481 e. The molecule has 2 N–H and O–H groups in total. The maximum absolute atomic E-state index is 13.6. The first-order valence-electron chi connectivity index (χ1n) is 11.8. The lowest BCUT2D eigenvalue weighted by atomic mass is 9.98. The fourth-order valence-electron chi connectivity index (χ4n) is 4.76. The van der Waals surface area contributed by atoms with Gasteiger partial charge in [-0.15, -0.1) is 0 Å². The molecule has 2 aliphatic heterocycles. The minimum atomic E-state index is -0.854. The summed E-state index contributed by atoms with van der Waals surface area (Å²) in [5.74, 6) is -0.164. The van der Waals surface area contributed by atoms with Gasteiger partial charge in [-0.2, -0.15) is 0 Å². The molecule has 2 aliphatic rings. The number of piperidine rings is 1. The number of aromatic nitrogens is 2. The molecule has 0 aliphatic carbocycles. The van der Waals surface area contributed by atoms with E-state index in [1.807, 2.05) is 31.2 Å². The van der Waals surface area contributed by atoms with E-state index < -0.39 is 11.9 Å². The van der Waals surface area contributed by atoms with Gasteiger partial charge in [0.2, 0.25) is 0 Å². The highest BCUT2D eigenvalue weighted by molar-refractivity contribution is 5.79. The highest BCUT2D eigenvalue weighted by atomic mass is 19.1. The van der Waals surface area contributed by atoms with Crippen LogP contribution >= 0.6 is 0 Å². The minimum absolute atomic E-state index is 0.151. The molecule has 1 aromatic heterocycles. The van der Waals surface area contributed by atoms with Crippen LogP contribution in [0.25, 0.3) is 11.3 Å². The molecular weight excluding hydrogens is 449 g/mol. The van der Waals surface area contributed by atoms with Gasteiger partial charge < -0.3 is 24.8 Å². The topological polar surface area (TPSA) is 90.7 Å². The quantitative estimate of drug-likeness (QED) is 0.579. The predicted molar refractivity (Wildman–Crippen MR) is 130 cm³/mol. The molecule has 3 aromatic rings. The number of fused-ring (bicyclic) bond motifs is 1. The third-order valence-corrected chi connectivity index (χ3v) is 6.72. The summed E-state index contributed by atoms with van der Waals surface area (Å²) >= 11 is 0. The smallest absolute Gasteiger partial charge is 0.320 e. The lowest BCUT2D eigenvalue weighted by Crippen LogP contribution is -2.50. The summed E-state index contributed by atoms with van der Waals surface area (Å²) in [5.41, 5.74) is 3.54. The van der Waals surface area contributed by atoms with Crippen molar-refractivity contribution in [3.63, 3.8) is 0 Å². The molecule has 3 heterocycles. The van der Waals surface area contributed by atoms with Crippen molar-refractivity contribution in [2.45, 2.75) is 32.9 Å². The molecule has 182 valence electrons. The Labute approximate surface area is 203 Å². The van der Waals surface area contributed by atoms with Crippen LogP contribution in [0.2, 0.25) is 0 Å². The highest BCUT2D eigenvalue weighted by Gasteiger charge is 2.33. The predicted octanol–water partition coefficient (Wildman–Crippen LogP) is 4.47. The van der Waals surface area contributed by atoms with Crippen LogP contribution in [0, 0.1) is 18.7 Å². The number of benzene rings is 2. The highest BCUT2D eigenvalue weighted by Crippen LogP contribution is 2.34. The van der Waals surface area contributed by atoms with Crippen LogP contribution in [0.5, 0.6) is 0 Å². The first kappa shape index (κ1) is 22.9. The van der Waals surface area contributed by atoms with Crippen LogP contribution in [0.3, 0.4) is 0 Å². The molecule has 0 saturated carbocycles. The van der Waals surface area contributed by atoms with E-state index in [0.717, 1.165) is 28.5 Å². The number of aryl methyl sites for hydroxylation is 1. The SMILES string of the molecule is Cc1ccc(Nc2c(-c3ccc(F)cc3)nc3n2CCN(C(=O)N2CCCC(C(=O)O)C2)C3)cc1. The van der Waals surface area contributed by atoms with Gasteiger partial charge in [-0.05, 0) is 56.2 Å². The van der Waals surface area contributed by atoms with Gasteiger partial charge in [0.25, 0.3) is 0 Å². The van der Waals surface area contributed by atoms with Gasteiger partial charge in [0.15, 0.2) is 0 Å². The number of carboxylic acid groups (broad SMARTS) is 1. The lowest BCUT2D eigenvalue weighted by molar-refractivity contribution is -0.143. The van der Waals surface area contributed by atoms with Crippen molar-refractivity contribution in [1.29, 1.82) is 0 Å². The van der Waals surface area contributed by atoms with Crippen molar-refractivity contribution in [3.05, 3.63) is 65.7 Å². The van der Waals surface area contributed by atoms with Crippen molar-refractivity contribution in [2.24, 2.45) is 5.92 Å². The van der Waals surface area contributed by atoms with Crippen molar-refractivity contribution < 1.29 is 19.1 Å². The van der Waals surface area contributed by atoms with E-state index in [-0.39, 0.29) is 18.4 Å². The Morgan fingerprint density at radius 1 is 1.03 bits per heavy atom. The molecule has 35 heavy (non-hydrogen) atoms. The molecule has 1 fully saturated rings. The number of likely N-dealkylation sites (tertiary alicyclic amines) is 1. The Balaban J connectivity index is 1.43. The summed E-state index contributed by atoms with van der Waals surface area (Å²) in [6.45, 7) is 4.17. The number of rotatable bonds is 4. The van der Waals surface area contributed by atoms with E-state index in [0.29, 0.717) is 44.7 Å². The van der Waals surface area contributed by atoms with Crippen LogP contribution in [-0.4, -0.2) is 56.1 Å². The molecule has 2 amide bonds. The number of carbonyl (C=O) groups excluding carboxylic acids is 1. The van der Waals surface area contributed by atoms with Crippen LogP contribution in [0.4, 0.5) is 20.7 Å². The summed E-state index contributed by atoms with van der Waals surface area (Å²) in [6.07, 6.45) is 1.28. The van der Waals surface area contributed by atoms with Crippen molar-refractivity contribution >= 4 is 23.5 Å². The van der Waals surface area contributed by atoms with E-state index in [9.17, 15) is 19.1 Å². The average Bonchev–Trinajstić information content (AvgIpc) is 3.23. The molecule has 1 unspecified atom stereocenters. The standard InChI is InChI=1S/C26H28FN5O3/c1-17-4-10-21(11-5-17)28-24-23(18-6-8-20(27)9-7-18)29-22-16-31(13-14-32(22)24)26(35)30-12-2-3-19(15-30)25(33)34/h4-11,19,28H,2-3,12-16H2,1H3,(H,33,34). The number of urea groups is 1. The van der Waals surface area contributed by atoms with Gasteiger partial charge in [-0.3, -0.25) is 4.79 Å². The molecule has 9 heteroatoms. The number of anilines is 2. The number of nitrogens with zero attached hydrogens (tertiary/aromatic N) is 4. The fourth-order valence-corrected chi connectivity index (χ4v) is 4.76. The van der Waals surface area contributed by atoms with Crippen LogP contribution < -0.4 is 5.32 Å². The number of aliphatic carboxylic acids is 1. The van der Waals surface area contributed by atoms with E-state index in [2.05, 4.69) is 9.88 Å². The van der Waals surface area contributed by atoms with E-state index in [4.69, 9.17) is 4.98 Å². The third-order valence-electron chi connectivity index (χ3n) is 6.72. The number of carboxylic acids is 1. The average molecular weight is 478 g/mol. The summed E-state index contributed by atoms with van der Waals surface area (Å²) in [4.78, 5) is 32.9. The number of hydrogen-bond donors (Lipinski definition) is 2. The number of halogens is 1. The van der Waals surface area contributed by atoms with Crippen molar-refractivity contribution in [2.75, 3.05) is 25.0 Å². The van der Waals surface area contributed by atoms with E-state index in [1.165, 1.54) is 12.1 Å². The summed E-state index contributed by atoms with van der Waals surface area (Å²) in [6, 6.07) is 14.1. The molecule has 0 radical (unpaired) electrons. The van der Waals surface area contributed by atoms with Crippen LogP contribution in [-0.2, 0) is 17.9 Å². The van der Waals surface area contributed by atoms with Crippen LogP contribution in [0.1, 0.15) is 24.2 Å². The molecule has 2 aromatic carbocycles. The van der Waals surface area contributed by atoms with Crippen molar-refractivity contribution in [3.8, 4) is 11.3 Å².